The van der Waals surface area contributed by atoms with Gasteiger partial charge in [-0.25, -0.2) is 0 Å². The van der Waals surface area contributed by atoms with Crippen LogP contribution in [0.1, 0.15) is 310 Å². The van der Waals surface area contributed by atoms with Crippen molar-refractivity contribution in [1.82, 2.24) is 0 Å². The molecule has 0 amide bonds. The Morgan fingerprint density at radius 3 is 0.803 bits per heavy atom. The SMILES string of the molecule is CCCCCCCCCCCCCCC(=O)OC[C@@H](COC(=O)CCCCCCCCCCCC)OC(=O)CCCCCCCCCCCCCCCCCCCCC(C)C. The minimum Gasteiger partial charge on any atom is -0.462 e. The number of esters is 3. The monoisotopic (exact) mass is 863 g/mol. The van der Waals surface area contributed by atoms with Crippen LogP contribution in [0.25, 0.3) is 0 Å². The Hall–Kier alpha value is -1.59. The predicted molar refractivity (Wildman–Crippen MR) is 261 cm³/mol. The van der Waals surface area contributed by atoms with Crippen molar-refractivity contribution in [1.29, 1.82) is 0 Å². The minimum absolute atomic E-state index is 0.0624. The Labute approximate surface area is 380 Å². The third-order valence-corrected chi connectivity index (χ3v) is 12.5. The summed E-state index contributed by atoms with van der Waals surface area (Å²) in [6.45, 7) is 9.04. The van der Waals surface area contributed by atoms with Crippen LogP contribution in [-0.2, 0) is 28.6 Å². The molecule has 6 heteroatoms. The molecule has 0 rings (SSSR count). The van der Waals surface area contributed by atoms with Crippen molar-refractivity contribution in [3.05, 3.63) is 0 Å². The van der Waals surface area contributed by atoms with Crippen LogP contribution < -0.4 is 0 Å². The highest BCUT2D eigenvalue weighted by molar-refractivity contribution is 5.71. The molecule has 61 heavy (non-hydrogen) atoms. The average Bonchev–Trinajstić information content (AvgIpc) is 3.24. The van der Waals surface area contributed by atoms with Gasteiger partial charge in [0, 0.05) is 19.3 Å². The minimum atomic E-state index is -0.760. The Morgan fingerprint density at radius 1 is 0.311 bits per heavy atom. The predicted octanol–water partition coefficient (Wildman–Crippen LogP) is 17.8. The summed E-state index contributed by atoms with van der Waals surface area (Å²) in [6.07, 6.45) is 52.4. The summed E-state index contributed by atoms with van der Waals surface area (Å²) in [7, 11) is 0. The molecule has 0 unspecified atom stereocenters. The van der Waals surface area contributed by atoms with Gasteiger partial charge < -0.3 is 14.2 Å². The lowest BCUT2D eigenvalue weighted by Gasteiger charge is -2.18. The highest BCUT2D eigenvalue weighted by Gasteiger charge is 2.19. The van der Waals surface area contributed by atoms with Crippen LogP contribution in [0.3, 0.4) is 0 Å². The molecule has 0 aliphatic carbocycles. The van der Waals surface area contributed by atoms with Gasteiger partial charge in [-0.1, -0.05) is 272 Å². The Bertz CT molecular complexity index is 918. The summed E-state index contributed by atoms with van der Waals surface area (Å²) in [6, 6.07) is 0. The lowest BCUT2D eigenvalue weighted by Crippen LogP contribution is -2.30. The Kier molecular flexibility index (Phi) is 48.1. The van der Waals surface area contributed by atoms with Gasteiger partial charge in [0.2, 0.25) is 0 Å². The molecule has 0 aromatic rings. The number of carbonyl (C=O) groups excluding carboxylic acids is 3. The third kappa shape index (κ3) is 49.3. The van der Waals surface area contributed by atoms with E-state index in [0.29, 0.717) is 19.3 Å². The maximum absolute atomic E-state index is 12.8. The van der Waals surface area contributed by atoms with Crippen molar-refractivity contribution in [2.75, 3.05) is 13.2 Å². The molecule has 0 radical (unpaired) electrons. The number of carbonyl (C=O) groups is 3. The topological polar surface area (TPSA) is 78.9 Å². The van der Waals surface area contributed by atoms with E-state index in [1.54, 1.807) is 0 Å². The molecule has 0 saturated heterocycles. The van der Waals surface area contributed by atoms with Crippen molar-refractivity contribution in [2.24, 2.45) is 5.92 Å². The van der Waals surface area contributed by atoms with Crippen molar-refractivity contribution >= 4 is 17.9 Å². The van der Waals surface area contributed by atoms with Crippen LogP contribution in [0.2, 0.25) is 0 Å². The van der Waals surface area contributed by atoms with E-state index >= 15 is 0 Å². The Morgan fingerprint density at radius 2 is 0.541 bits per heavy atom. The van der Waals surface area contributed by atoms with Gasteiger partial charge in [-0.05, 0) is 25.2 Å². The molecule has 6 nitrogen and oxygen atoms in total. The number of ether oxygens (including phenoxy) is 3. The van der Waals surface area contributed by atoms with Crippen molar-refractivity contribution in [3.63, 3.8) is 0 Å². The first-order valence-corrected chi connectivity index (χ1v) is 27.4. The summed E-state index contributed by atoms with van der Waals surface area (Å²) in [4.78, 5) is 37.9. The molecule has 0 fully saturated rings. The molecule has 0 aromatic heterocycles. The normalized spacial score (nSPS) is 12.0. The highest BCUT2D eigenvalue weighted by atomic mass is 16.6. The first-order valence-electron chi connectivity index (χ1n) is 27.4. The van der Waals surface area contributed by atoms with Crippen molar-refractivity contribution < 1.29 is 28.6 Å². The van der Waals surface area contributed by atoms with E-state index in [1.807, 2.05) is 0 Å². The third-order valence-electron chi connectivity index (χ3n) is 12.5. The van der Waals surface area contributed by atoms with E-state index in [-0.39, 0.29) is 31.1 Å². The van der Waals surface area contributed by atoms with E-state index in [9.17, 15) is 14.4 Å². The van der Waals surface area contributed by atoms with Crippen LogP contribution >= 0.6 is 0 Å². The zero-order valence-corrected chi connectivity index (χ0v) is 41.6. The number of unbranched alkanes of at least 4 members (excludes halogenated alkanes) is 37. The first-order chi connectivity index (χ1) is 29.9. The van der Waals surface area contributed by atoms with Crippen LogP contribution in [0.4, 0.5) is 0 Å². The molecule has 1 atom stereocenters. The average molecular weight is 863 g/mol. The molecule has 0 spiro atoms. The van der Waals surface area contributed by atoms with E-state index < -0.39 is 6.10 Å². The standard InChI is InChI=1S/C55H106O6/c1-5-7-9-11-13-15-17-27-31-35-39-43-47-54(57)60-50-52(49-59-53(56)46-42-38-34-30-16-14-12-10-8-6-2)61-55(58)48-44-40-36-32-28-25-23-21-19-18-20-22-24-26-29-33-37-41-45-51(3)4/h51-52H,5-50H2,1-4H3/t52-/m1/s1. The molecular formula is C55H106O6. The van der Waals surface area contributed by atoms with Crippen LogP contribution in [0.15, 0.2) is 0 Å². The van der Waals surface area contributed by atoms with Gasteiger partial charge in [-0.3, -0.25) is 14.4 Å². The summed E-state index contributed by atoms with van der Waals surface area (Å²) >= 11 is 0. The van der Waals surface area contributed by atoms with Crippen molar-refractivity contribution in [2.45, 2.75) is 316 Å². The van der Waals surface area contributed by atoms with Gasteiger partial charge in [-0.15, -0.1) is 0 Å². The van der Waals surface area contributed by atoms with Gasteiger partial charge in [-0.2, -0.15) is 0 Å². The number of rotatable bonds is 50. The summed E-state index contributed by atoms with van der Waals surface area (Å²) < 4.78 is 16.8. The van der Waals surface area contributed by atoms with Gasteiger partial charge >= 0.3 is 17.9 Å². The second-order valence-corrected chi connectivity index (χ2v) is 19.3. The second-order valence-electron chi connectivity index (χ2n) is 19.3. The van der Waals surface area contributed by atoms with Gasteiger partial charge in [0.1, 0.15) is 13.2 Å². The zero-order valence-electron chi connectivity index (χ0n) is 41.6. The van der Waals surface area contributed by atoms with E-state index in [0.717, 1.165) is 63.7 Å². The van der Waals surface area contributed by atoms with E-state index in [2.05, 4.69) is 27.7 Å². The molecule has 0 aliphatic heterocycles. The molecule has 0 heterocycles. The number of hydrogen-bond donors (Lipinski definition) is 0. The fraction of sp³-hybridized carbons (Fsp3) is 0.945. The Balaban J connectivity index is 4.21. The lowest BCUT2D eigenvalue weighted by atomic mass is 10.0. The highest BCUT2D eigenvalue weighted by Crippen LogP contribution is 2.18. The zero-order chi connectivity index (χ0) is 44.5. The summed E-state index contributed by atoms with van der Waals surface area (Å²) in [5, 5.41) is 0. The summed E-state index contributed by atoms with van der Waals surface area (Å²) in [5.74, 6) is 0.0161. The fourth-order valence-electron chi connectivity index (χ4n) is 8.39. The van der Waals surface area contributed by atoms with Gasteiger partial charge in [0.25, 0.3) is 0 Å². The molecule has 0 saturated carbocycles. The van der Waals surface area contributed by atoms with Crippen LogP contribution in [0, 0.1) is 5.92 Å². The van der Waals surface area contributed by atoms with Gasteiger partial charge in [0.15, 0.2) is 6.10 Å². The van der Waals surface area contributed by atoms with Crippen molar-refractivity contribution in [3.8, 4) is 0 Å². The molecule has 0 aromatic carbocycles. The molecule has 0 aliphatic rings. The van der Waals surface area contributed by atoms with Crippen LogP contribution in [0.5, 0.6) is 0 Å². The van der Waals surface area contributed by atoms with E-state index in [4.69, 9.17) is 14.2 Å². The van der Waals surface area contributed by atoms with Crippen LogP contribution in [-0.4, -0.2) is 37.2 Å². The maximum Gasteiger partial charge on any atom is 0.306 e. The smallest absolute Gasteiger partial charge is 0.306 e. The molecular weight excluding hydrogens is 757 g/mol. The molecule has 0 bridgehead atoms. The molecule has 362 valence electrons. The largest absolute Gasteiger partial charge is 0.462 e. The lowest BCUT2D eigenvalue weighted by molar-refractivity contribution is -0.167. The quantitative estimate of drug-likeness (QED) is 0.0344. The van der Waals surface area contributed by atoms with E-state index in [1.165, 1.54) is 205 Å². The van der Waals surface area contributed by atoms with Gasteiger partial charge in [0.05, 0.1) is 0 Å². The second kappa shape index (κ2) is 49.4. The number of hydrogen-bond acceptors (Lipinski definition) is 6. The maximum atomic E-state index is 12.8. The summed E-state index contributed by atoms with van der Waals surface area (Å²) in [5.41, 5.74) is 0. The fourth-order valence-corrected chi connectivity index (χ4v) is 8.39. The first kappa shape index (κ1) is 59.4. The molecule has 0 N–H and O–H groups in total.